The van der Waals surface area contributed by atoms with Crippen molar-refractivity contribution in [3.8, 4) is 0 Å². The fraction of sp³-hybridized carbons (Fsp3) is 0.385. The van der Waals surface area contributed by atoms with Gasteiger partial charge in [0, 0.05) is 18.1 Å². The van der Waals surface area contributed by atoms with Crippen LogP contribution in [0.2, 0.25) is 5.02 Å². The molecular weight excluding hydrogens is 238 g/mol. The first-order chi connectivity index (χ1) is 8.24. The second-order valence-electron chi connectivity index (χ2n) is 3.71. The molecule has 1 rings (SSSR count). The van der Waals surface area contributed by atoms with Gasteiger partial charge in [-0.2, -0.15) is 0 Å². The third kappa shape index (κ3) is 5.84. The number of halogens is 1. The Hall–Kier alpha value is -0.870. The molecule has 17 heavy (non-hydrogen) atoms. The Morgan fingerprint density at radius 1 is 1.47 bits per heavy atom. The van der Waals surface area contributed by atoms with Gasteiger partial charge in [0.1, 0.15) is 0 Å². The van der Waals surface area contributed by atoms with Crippen molar-refractivity contribution < 1.29 is 9.84 Å². The number of hydrogen-bond donors (Lipinski definition) is 2. The van der Waals surface area contributed by atoms with E-state index in [0.717, 1.165) is 5.56 Å². The van der Waals surface area contributed by atoms with Crippen LogP contribution in [0.5, 0.6) is 0 Å². The van der Waals surface area contributed by atoms with Gasteiger partial charge in [-0.05, 0) is 11.6 Å². The SMILES string of the molecule is C=CCNCC(O)COCc1ccccc1Cl. The lowest BCUT2D eigenvalue weighted by Crippen LogP contribution is -2.30. The summed E-state index contributed by atoms with van der Waals surface area (Å²) in [4.78, 5) is 0. The summed E-state index contributed by atoms with van der Waals surface area (Å²) in [7, 11) is 0. The highest BCUT2D eigenvalue weighted by Crippen LogP contribution is 2.15. The molecule has 1 aromatic rings. The molecule has 0 saturated heterocycles. The molecule has 3 nitrogen and oxygen atoms in total. The topological polar surface area (TPSA) is 41.5 Å². The Kier molecular flexibility index (Phi) is 6.89. The molecule has 0 aliphatic heterocycles. The van der Waals surface area contributed by atoms with E-state index in [-0.39, 0.29) is 6.61 Å². The number of rotatable bonds is 8. The van der Waals surface area contributed by atoms with Crippen molar-refractivity contribution in [1.82, 2.24) is 5.32 Å². The molecule has 0 radical (unpaired) electrons. The number of aliphatic hydroxyl groups excluding tert-OH is 1. The standard InChI is InChI=1S/C13H18ClNO2/c1-2-7-15-8-12(16)10-17-9-11-5-3-4-6-13(11)14/h2-6,12,15-16H,1,7-10H2. The van der Waals surface area contributed by atoms with E-state index in [2.05, 4.69) is 11.9 Å². The molecule has 0 spiro atoms. The molecule has 0 fully saturated rings. The van der Waals surface area contributed by atoms with Crippen molar-refractivity contribution in [2.24, 2.45) is 0 Å². The average Bonchev–Trinajstić information content (AvgIpc) is 2.32. The molecule has 1 atom stereocenters. The van der Waals surface area contributed by atoms with Gasteiger partial charge in [0.2, 0.25) is 0 Å². The molecule has 2 N–H and O–H groups in total. The summed E-state index contributed by atoms with van der Waals surface area (Å²) >= 11 is 5.98. The lowest BCUT2D eigenvalue weighted by atomic mass is 10.2. The summed E-state index contributed by atoms with van der Waals surface area (Å²) < 4.78 is 5.39. The molecule has 94 valence electrons. The van der Waals surface area contributed by atoms with Crippen molar-refractivity contribution in [2.75, 3.05) is 19.7 Å². The Morgan fingerprint density at radius 3 is 2.94 bits per heavy atom. The Balaban J connectivity index is 2.19. The largest absolute Gasteiger partial charge is 0.389 e. The lowest BCUT2D eigenvalue weighted by Gasteiger charge is -2.12. The maximum absolute atomic E-state index is 9.57. The normalized spacial score (nSPS) is 12.4. The highest BCUT2D eigenvalue weighted by Gasteiger charge is 2.04. The number of ether oxygens (including phenoxy) is 1. The van der Waals surface area contributed by atoms with Crippen LogP contribution in [0.25, 0.3) is 0 Å². The molecule has 0 aliphatic carbocycles. The molecule has 0 aromatic heterocycles. The predicted molar refractivity (Wildman–Crippen MR) is 70.2 cm³/mol. The molecule has 4 heteroatoms. The van der Waals surface area contributed by atoms with Crippen LogP contribution < -0.4 is 5.32 Å². The van der Waals surface area contributed by atoms with Crippen LogP contribution in [0.3, 0.4) is 0 Å². The van der Waals surface area contributed by atoms with Crippen LogP contribution in [0.15, 0.2) is 36.9 Å². The van der Waals surface area contributed by atoms with Crippen molar-refractivity contribution in [3.63, 3.8) is 0 Å². The van der Waals surface area contributed by atoms with E-state index in [4.69, 9.17) is 16.3 Å². The summed E-state index contributed by atoms with van der Waals surface area (Å²) in [5.74, 6) is 0. The van der Waals surface area contributed by atoms with Gasteiger partial charge in [-0.25, -0.2) is 0 Å². The smallest absolute Gasteiger partial charge is 0.0897 e. The summed E-state index contributed by atoms with van der Waals surface area (Å²) in [5, 5.41) is 13.3. The molecule has 0 amide bonds. The first-order valence-corrected chi connectivity index (χ1v) is 5.92. The number of benzene rings is 1. The molecule has 1 aromatic carbocycles. The first kappa shape index (κ1) is 14.2. The van der Waals surface area contributed by atoms with Crippen molar-refractivity contribution in [1.29, 1.82) is 0 Å². The van der Waals surface area contributed by atoms with Crippen LogP contribution >= 0.6 is 11.6 Å². The zero-order valence-electron chi connectivity index (χ0n) is 9.73. The highest BCUT2D eigenvalue weighted by atomic mass is 35.5. The summed E-state index contributed by atoms with van der Waals surface area (Å²) in [5.41, 5.74) is 0.931. The van der Waals surface area contributed by atoms with E-state index in [9.17, 15) is 5.11 Å². The van der Waals surface area contributed by atoms with Crippen molar-refractivity contribution in [2.45, 2.75) is 12.7 Å². The molecule has 0 heterocycles. The van der Waals surface area contributed by atoms with Gasteiger partial charge in [0.25, 0.3) is 0 Å². The number of nitrogens with one attached hydrogen (secondary N) is 1. The summed E-state index contributed by atoms with van der Waals surface area (Å²) in [6.45, 7) is 5.46. The summed E-state index contributed by atoms with van der Waals surface area (Å²) in [6.07, 6.45) is 1.23. The zero-order chi connectivity index (χ0) is 12.5. The van der Waals surface area contributed by atoms with Gasteiger partial charge in [0.15, 0.2) is 0 Å². The number of hydrogen-bond acceptors (Lipinski definition) is 3. The molecule has 0 aliphatic rings. The molecule has 0 bridgehead atoms. The van der Waals surface area contributed by atoms with Crippen LogP contribution in [-0.2, 0) is 11.3 Å². The van der Waals surface area contributed by atoms with Crippen LogP contribution in [0, 0.1) is 0 Å². The minimum atomic E-state index is -0.516. The maximum atomic E-state index is 9.57. The molecule has 1 unspecified atom stereocenters. The minimum Gasteiger partial charge on any atom is -0.389 e. The monoisotopic (exact) mass is 255 g/mol. The fourth-order valence-corrected chi connectivity index (χ4v) is 1.52. The van der Waals surface area contributed by atoms with Gasteiger partial charge in [-0.3, -0.25) is 0 Å². The minimum absolute atomic E-state index is 0.287. The van der Waals surface area contributed by atoms with Crippen LogP contribution in [0.1, 0.15) is 5.56 Å². The quantitative estimate of drug-likeness (QED) is 0.551. The number of aliphatic hydroxyl groups is 1. The lowest BCUT2D eigenvalue weighted by molar-refractivity contribution is 0.0293. The van der Waals surface area contributed by atoms with E-state index in [1.807, 2.05) is 24.3 Å². The van der Waals surface area contributed by atoms with Crippen LogP contribution in [-0.4, -0.2) is 30.9 Å². The molecule has 0 saturated carbocycles. The highest BCUT2D eigenvalue weighted by molar-refractivity contribution is 6.31. The third-order valence-corrected chi connectivity index (χ3v) is 2.56. The van der Waals surface area contributed by atoms with Gasteiger partial charge < -0.3 is 15.2 Å². The first-order valence-electron chi connectivity index (χ1n) is 5.55. The maximum Gasteiger partial charge on any atom is 0.0897 e. The van der Waals surface area contributed by atoms with Gasteiger partial charge in [0.05, 0.1) is 19.3 Å². The molecular formula is C13H18ClNO2. The second kappa shape index (κ2) is 8.25. The van der Waals surface area contributed by atoms with Gasteiger partial charge >= 0.3 is 0 Å². The van der Waals surface area contributed by atoms with Gasteiger partial charge in [-0.1, -0.05) is 35.9 Å². The summed E-state index contributed by atoms with van der Waals surface area (Å²) in [6, 6.07) is 7.51. The van der Waals surface area contributed by atoms with Crippen molar-refractivity contribution >= 4 is 11.6 Å². The van der Waals surface area contributed by atoms with Crippen molar-refractivity contribution in [3.05, 3.63) is 47.5 Å². The van der Waals surface area contributed by atoms with Gasteiger partial charge in [-0.15, -0.1) is 6.58 Å². The van der Waals surface area contributed by atoms with Crippen LogP contribution in [0.4, 0.5) is 0 Å². The van der Waals surface area contributed by atoms with E-state index in [1.165, 1.54) is 0 Å². The Morgan fingerprint density at radius 2 is 2.24 bits per heavy atom. The second-order valence-corrected chi connectivity index (χ2v) is 4.11. The zero-order valence-corrected chi connectivity index (χ0v) is 10.5. The van der Waals surface area contributed by atoms with E-state index in [1.54, 1.807) is 6.08 Å². The third-order valence-electron chi connectivity index (χ3n) is 2.19. The Bertz CT molecular complexity index is 344. The average molecular weight is 256 g/mol. The predicted octanol–water partition coefficient (Wildman–Crippen LogP) is 1.99. The fourth-order valence-electron chi connectivity index (χ4n) is 1.33. The van der Waals surface area contributed by atoms with E-state index < -0.39 is 6.10 Å². The van der Waals surface area contributed by atoms with E-state index >= 15 is 0 Å². The van der Waals surface area contributed by atoms with E-state index in [0.29, 0.717) is 24.7 Å². The Labute approximate surface area is 107 Å².